The van der Waals surface area contributed by atoms with E-state index in [1.807, 2.05) is 0 Å². The Morgan fingerprint density at radius 2 is 2.22 bits per heavy atom. The fourth-order valence-electron chi connectivity index (χ4n) is 0.351. The normalized spacial score (nSPS) is 16.2. The molecule has 0 saturated heterocycles. The Morgan fingerprint density at radius 3 is 2.33 bits per heavy atom. The monoisotopic (exact) mass is 130 g/mol. The van der Waals surface area contributed by atoms with Crippen LogP contribution in [0.4, 0.5) is 0 Å². The maximum Gasteiger partial charge on any atom is 0.178 e. The molecule has 0 aromatic heterocycles. The Balaban J connectivity index is 3.58. The molecule has 52 valence electrons. The Hall–Kier alpha value is -0.560. The van der Waals surface area contributed by atoms with E-state index in [0.29, 0.717) is 0 Å². The van der Waals surface area contributed by atoms with Crippen molar-refractivity contribution in [3.05, 3.63) is 0 Å². The molecule has 0 aliphatic rings. The quantitative estimate of drug-likeness (QED) is 0.330. The van der Waals surface area contributed by atoms with Crippen molar-refractivity contribution in [2.24, 2.45) is 0 Å². The average Bonchev–Trinajstić information content (AvgIpc) is 1.82. The number of hydrogen-bond acceptors (Lipinski definition) is 3. The van der Waals surface area contributed by atoms with Gasteiger partial charge in [-0.25, -0.2) is 9.78 Å². The Morgan fingerprint density at radius 1 is 1.67 bits per heavy atom. The maximum atomic E-state index is 8.80. The van der Waals surface area contributed by atoms with E-state index in [0.717, 1.165) is 0 Å². The molecule has 3 nitrogen and oxygen atoms in total. The summed E-state index contributed by atoms with van der Waals surface area (Å²) < 4.78 is 0. The van der Waals surface area contributed by atoms with E-state index in [-0.39, 0.29) is 0 Å². The van der Waals surface area contributed by atoms with Crippen molar-refractivity contribution in [3.63, 3.8) is 0 Å². The van der Waals surface area contributed by atoms with Crippen LogP contribution in [0.1, 0.15) is 6.92 Å². The van der Waals surface area contributed by atoms with Crippen LogP contribution in [0.2, 0.25) is 0 Å². The highest BCUT2D eigenvalue weighted by Crippen LogP contribution is 1.95. The van der Waals surface area contributed by atoms with Gasteiger partial charge in [0.2, 0.25) is 0 Å². The highest BCUT2D eigenvalue weighted by Gasteiger charge is 2.11. The van der Waals surface area contributed by atoms with E-state index in [4.69, 9.17) is 11.5 Å². The lowest BCUT2D eigenvalue weighted by atomic mass is 10.2. The zero-order valence-electron chi connectivity index (χ0n) is 5.50. The van der Waals surface area contributed by atoms with E-state index in [1.54, 1.807) is 0 Å². The molecular weight excluding hydrogens is 120 g/mol. The third-order valence-corrected chi connectivity index (χ3v) is 0.802. The minimum Gasteiger partial charge on any atom is -0.390 e. The number of aliphatic hydroxyl groups excluding tert-OH is 1. The van der Waals surface area contributed by atoms with Gasteiger partial charge >= 0.3 is 0 Å². The van der Waals surface area contributed by atoms with Crippen LogP contribution in [0.25, 0.3) is 0 Å². The fourth-order valence-corrected chi connectivity index (χ4v) is 0.351. The van der Waals surface area contributed by atoms with Crippen LogP contribution in [-0.2, 0) is 9.78 Å². The summed E-state index contributed by atoms with van der Waals surface area (Å²) in [5, 5.41) is 8.80. The predicted octanol–water partition coefficient (Wildman–Crippen LogP) is -0.0530. The first-order valence-electron chi connectivity index (χ1n) is 2.56. The molecule has 0 unspecified atom stereocenters. The second kappa shape index (κ2) is 4.33. The van der Waals surface area contributed by atoms with Crippen LogP contribution in [-0.4, -0.2) is 24.4 Å². The summed E-state index contributed by atoms with van der Waals surface area (Å²) in [6, 6.07) is 0. The van der Waals surface area contributed by atoms with Gasteiger partial charge in [-0.1, -0.05) is 5.92 Å². The first-order valence-corrected chi connectivity index (χ1v) is 2.56. The lowest BCUT2D eigenvalue weighted by Gasteiger charge is -2.10. The molecule has 0 rings (SSSR count). The van der Waals surface area contributed by atoms with E-state index >= 15 is 0 Å². The molecule has 0 aliphatic heterocycles. The average molecular weight is 130 g/mol. The predicted molar refractivity (Wildman–Crippen MR) is 32.4 cm³/mol. The van der Waals surface area contributed by atoms with Crippen LogP contribution >= 0.6 is 0 Å². The van der Waals surface area contributed by atoms with Crippen molar-refractivity contribution in [2.45, 2.75) is 19.1 Å². The molecule has 0 radical (unpaired) electrons. The largest absolute Gasteiger partial charge is 0.390 e. The smallest absolute Gasteiger partial charge is 0.178 e. The van der Waals surface area contributed by atoms with Gasteiger partial charge in [0.05, 0.1) is 13.2 Å². The van der Waals surface area contributed by atoms with E-state index in [1.165, 1.54) is 14.0 Å². The number of terminal acetylenes is 1. The summed E-state index contributed by atoms with van der Waals surface area (Å²) in [5.74, 6) is 2.21. The molecule has 0 heterocycles. The zero-order valence-corrected chi connectivity index (χ0v) is 5.50. The van der Waals surface area contributed by atoms with E-state index in [9.17, 15) is 0 Å². The van der Waals surface area contributed by atoms with Gasteiger partial charge in [-0.2, -0.15) is 0 Å². The van der Waals surface area contributed by atoms with Crippen LogP contribution in [0.5, 0.6) is 0 Å². The van der Waals surface area contributed by atoms with Gasteiger partial charge in [0.1, 0.15) is 0 Å². The van der Waals surface area contributed by atoms with Crippen LogP contribution < -0.4 is 0 Å². The van der Waals surface area contributed by atoms with Crippen LogP contribution in [0.15, 0.2) is 0 Å². The van der Waals surface area contributed by atoms with Gasteiger partial charge in [-0.15, -0.1) is 6.42 Å². The fraction of sp³-hybridized carbons (Fsp3) is 0.667. The highest BCUT2D eigenvalue weighted by molar-refractivity contribution is 4.96. The molecule has 1 N–H and O–H groups in total. The van der Waals surface area contributed by atoms with Crippen molar-refractivity contribution in [2.75, 3.05) is 7.11 Å². The molecule has 0 amide bonds. The van der Waals surface area contributed by atoms with Gasteiger partial charge in [0.25, 0.3) is 0 Å². The molecule has 0 aliphatic carbocycles. The lowest BCUT2D eigenvalue weighted by Crippen LogP contribution is -2.23. The van der Waals surface area contributed by atoms with Gasteiger partial charge < -0.3 is 5.11 Å². The maximum absolute atomic E-state index is 8.80. The van der Waals surface area contributed by atoms with Gasteiger partial charge in [-0.05, 0) is 6.92 Å². The highest BCUT2D eigenvalue weighted by atomic mass is 17.2. The summed E-state index contributed by atoms with van der Waals surface area (Å²) in [6.07, 6.45) is 3.57. The van der Waals surface area contributed by atoms with Gasteiger partial charge in [0, 0.05) is 0 Å². The molecular formula is C6H10O3. The van der Waals surface area contributed by atoms with Crippen LogP contribution in [0, 0.1) is 12.3 Å². The summed E-state index contributed by atoms with van der Waals surface area (Å²) in [4.78, 5) is 8.72. The topological polar surface area (TPSA) is 38.7 Å². The number of rotatable bonds is 3. The molecule has 2 atom stereocenters. The van der Waals surface area contributed by atoms with Crippen molar-refractivity contribution in [3.8, 4) is 12.3 Å². The molecule has 0 aromatic rings. The minimum atomic E-state index is -0.699. The molecule has 0 spiro atoms. The first-order chi connectivity index (χ1) is 4.22. The third kappa shape index (κ3) is 3.09. The summed E-state index contributed by atoms with van der Waals surface area (Å²) in [6.45, 7) is 1.53. The molecule has 0 aromatic carbocycles. The second-order valence-corrected chi connectivity index (χ2v) is 1.59. The van der Waals surface area contributed by atoms with Crippen molar-refractivity contribution < 1.29 is 14.9 Å². The molecule has 0 bridgehead atoms. The Kier molecular flexibility index (Phi) is 4.06. The minimum absolute atomic E-state index is 0.671. The lowest BCUT2D eigenvalue weighted by molar-refractivity contribution is -0.304. The van der Waals surface area contributed by atoms with Crippen LogP contribution in [0.3, 0.4) is 0 Å². The molecule has 3 heteroatoms. The summed E-state index contributed by atoms with van der Waals surface area (Å²) >= 11 is 0. The summed E-state index contributed by atoms with van der Waals surface area (Å²) in [5.41, 5.74) is 0. The van der Waals surface area contributed by atoms with Crippen molar-refractivity contribution in [1.82, 2.24) is 0 Å². The third-order valence-electron chi connectivity index (χ3n) is 0.802. The zero-order chi connectivity index (χ0) is 7.28. The number of aliphatic hydroxyl groups is 1. The molecule has 0 fully saturated rings. The van der Waals surface area contributed by atoms with Crippen molar-refractivity contribution in [1.29, 1.82) is 0 Å². The van der Waals surface area contributed by atoms with Crippen molar-refractivity contribution >= 4 is 0 Å². The second-order valence-electron chi connectivity index (χ2n) is 1.59. The van der Waals surface area contributed by atoms with E-state index < -0.39 is 12.2 Å². The Labute approximate surface area is 54.5 Å². The molecule has 0 saturated carbocycles. The van der Waals surface area contributed by atoms with E-state index in [2.05, 4.69) is 15.7 Å². The van der Waals surface area contributed by atoms with Gasteiger partial charge in [-0.3, -0.25) is 0 Å². The first kappa shape index (κ1) is 8.44. The SMILES string of the molecule is C#C[C@@H](OOC)[C@H](C)O. The Bertz CT molecular complexity index is 103. The molecule has 9 heavy (non-hydrogen) atoms. The standard InChI is InChI=1S/C6H10O3/c1-4-6(5(2)7)9-8-3/h1,5-7H,2-3H3/t5-,6+/m0/s1. The summed E-state index contributed by atoms with van der Waals surface area (Å²) in [7, 11) is 1.34. The number of hydrogen-bond donors (Lipinski definition) is 1. The van der Waals surface area contributed by atoms with Gasteiger partial charge in [0.15, 0.2) is 6.10 Å².